The molecule has 102 valence electrons. The van der Waals surface area contributed by atoms with Crippen molar-refractivity contribution in [2.45, 2.75) is 17.7 Å². The van der Waals surface area contributed by atoms with Crippen molar-refractivity contribution < 1.29 is 18.3 Å². The summed E-state index contributed by atoms with van der Waals surface area (Å²) in [5.74, 6) is -0.606. The zero-order valence-electron chi connectivity index (χ0n) is 10.2. The standard InChI is InChI=1S/C13H15NO4S/c15-13(16)7-6-10-2-1-3-12(8-10)19(17,18)14-9-11-4-5-11/h1-3,6-8,11,14H,4-5,9H2,(H,15,16). The minimum absolute atomic E-state index is 0.153. The molecule has 6 heteroatoms. The number of benzene rings is 1. The number of sulfonamides is 1. The molecular formula is C13H15NO4S. The lowest BCUT2D eigenvalue weighted by molar-refractivity contribution is -0.131. The van der Waals surface area contributed by atoms with Crippen LogP contribution in [0.15, 0.2) is 35.2 Å². The minimum atomic E-state index is -3.51. The second kappa shape index (κ2) is 5.54. The molecule has 1 aromatic carbocycles. The number of rotatable bonds is 6. The van der Waals surface area contributed by atoms with Crippen LogP contribution in [0.2, 0.25) is 0 Å². The summed E-state index contributed by atoms with van der Waals surface area (Å²) in [4.78, 5) is 10.6. The van der Waals surface area contributed by atoms with Gasteiger partial charge in [-0.2, -0.15) is 0 Å². The Labute approximate surface area is 112 Å². The molecule has 1 aliphatic carbocycles. The zero-order valence-corrected chi connectivity index (χ0v) is 11.1. The third-order valence-electron chi connectivity index (χ3n) is 2.85. The maximum Gasteiger partial charge on any atom is 0.328 e. The maximum atomic E-state index is 12.0. The highest BCUT2D eigenvalue weighted by atomic mass is 32.2. The van der Waals surface area contributed by atoms with E-state index in [0.717, 1.165) is 18.9 Å². The van der Waals surface area contributed by atoms with Crippen LogP contribution in [0.4, 0.5) is 0 Å². The molecule has 2 N–H and O–H groups in total. The van der Waals surface area contributed by atoms with Crippen molar-refractivity contribution in [1.29, 1.82) is 0 Å². The van der Waals surface area contributed by atoms with Crippen molar-refractivity contribution in [3.05, 3.63) is 35.9 Å². The van der Waals surface area contributed by atoms with E-state index in [1.54, 1.807) is 12.1 Å². The number of nitrogens with one attached hydrogen (secondary N) is 1. The van der Waals surface area contributed by atoms with E-state index < -0.39 is 16.0 Å². The fourth-order valence-corrected chi connectivity index (χ4v) is 2.76. The van der Waals surface area contributed by atoms with Crippen LogP contribution in [0, 0.1) is 5.92 Å². The van der Waals surface area contributed by atoms with Gasteiger partial charge in [0.05, 0.1) is 4.90 Å². The molecule has 0 radical (unpaired) electrons. The molecule has 0 unspecified atom stereocenters. The van der Waals surface area contributed by atoms with Gasteiger partial charge in [0.15, 0.2) is 0 Å². The summed E-state index contributed by atoms with van der Waals surface area (Å²) in [6.07, 6.45) is 4.49. The molecule has 1 saturated carbocycles. The van der Waals surface area contributed by atoms with E-state index in [4.69, 9.17) is 5.11 Å². The lowest BCUT2D eigenvalue weighted by atomic mass is 10.2. The molecule has 0 aliphatic heterocycles. The van der Waals surface area contributed by atoms with Crippen molar-refractivity contribution >= 4 is 22.1 Å². The fourth-order valence-electron chi connectivity index (χ4n) is 1.59. The molecule has 1 fully saturated rings. The number of hydrogen-bond acceptors (Lipinski definition) is 3. The fraction of sp³-hybridized carbons (Fsp3) is 0.308. The molecule has 0 saturated heterocycles. The van der Waals surface area contributed by atoms with Gasteiger partial charge in [-0.1, -0.05) is 12.1 Å². The van der Waals surface area contributed by atoms with Crippen LogP contribution in [0.1, 0.15) is 18.4 Å². The number of carbonyl (C=O) groups is 1. The summed E-state index contributed by atoms with van der Waals surface area (Å²) in [6.45, 7) is 0.470. The first-order valence-electron chi connectivity index (χ1n) is 5.98. The Kier molecular flexibility index (Phi) is 4.01. The van der Waals surface area contributed by atoms with Crippen molar-refractivity contribution in [3.63, 3.8) is 0 Å². The number of hydrogen-bond donors (Lipinski definition) is 2. The Morgan fingerprint density at radius 3 is 2.79 bits per heavy atom. The third-order valence-corrected chi connectivity index (χ3v) is 4.27. The lowest BCUT2D eigenvalue weighted by Crippen LogP contribution is -2.25. The van der Waals surface area contributed by atoms with Crippen LogP contribution in [0.5, 0.6) is 0 Å². The minimum Gasteiger partial charge on any atom is -0.478 e. The smallest absolute Gasteiger partial charge is 0.328 e. The summed E-state index contributed by atoms with van der Waals surface area (Å²) in [7, 11) is -3.51. The summed E-state index contributed by atoms with van der Waals surface area (Å²) >= 11 is 0. The highest BCUT2D eigenvalue weighted by Crippen LogP contribution is 2.28. The zero-order chi connectivity index (χ0) is 13.9. The first-order chi connectivity index (χ1) is 8.97. The van der Waals surface area contributed by atoms with Gasteiger partial charge in [-0.25, -0.2) is 17.9 Å². The molecule has 2 rings (SSSR count). The first kappa shape index (κ1) is 13.8. The lowest BCUT2D eigenvalue weighted by Gasteiger charge is -2.06. The normalized spacial score (nSPS) is 15.8. The van der Waals surface area contributed by atoms with Crippen LogP contribution in [-0.2, 0) is 14.8 Å². The summed E-state index contributed by atoms with van der Waals surface area (Å²) in [5.41, 5.74) is 0.539. The van der Waals surface area contributed by atoms with Crippen LogP contribution >= 0.6 is 0 Å². The Morgan fingerprint density at radius 1 is 1.42 bits per heavy atom. The Hall–Kier alpha value is -1.66. The van der Waals surface area contributed by atoms with E-state index in [0.29, 0.717) is 18.0 Å². The Balaban J connectivity index is 2.14. The number of carboxylic acids is 1. The van der Waals surface area contributed by atoms with E-state index in [1.807, 2.05) is 0 Å². The average Bonchev–Trinajstić information content (AvgIpc) is 3.18. The molecule has 5 nitrogen and oxygen atoms in total. The second-order valence-electron chi connectivity index (χ2n) is 4.54. The second-order valence-corrected chi connectivity index (χ2v) is 6.31. The molecule has 0 atom stereocenters. The van der Waals surface area contributed by atoms with Crippen LogP contribution in [0.25, 0.3) is 6.08 Å². The molecule has 0 amide bonds. The third kappa shape index (κ3) is 4.18. The molecule has 1 aliphatic rings. The van der Waals surface area contributed by atoms with Gasteiger partial charge in [0, 0.05) is 12.6 Å². The summed E-state index contributed by atoms with van der Waals surface area (Å²) in [5, 5.41) is 8.54. The van der Waals surface area contributed by atoms with E-state index in [-0.39, 0.29) is 4.90 Å². The highest BCUT2D eigenvalue weighted by molar-refractivity contribution is 7.89. The van der Waals surface area contributed by atoms with E-state index in [2.05, 4.69) is 4.72 Å². The van der Waals surface area contributed by atoms with Gasteiger partial charge in [0.1, 0.15) is 0 Å². The SMILES string of the molecule is O=C(O)C=Cc1cccc(S(=O)(=O)NCC2CC2)c1. The highest BCUT2D eigenvalue weighted by Gasteiger charge is 2.24. The summed E-state index contributed by atoms with van der Waals surface area (Å²) in [6, 6.07) is 6.19. The molecular weight excluding hydrogens is 266 g/mol. The first-order valence-corrected chi connectivity index (χ1v) is 7.46. The monoisotopic (exact) mass is 281 g/mol. The molecule has 0 spiro atoms. The van der Waals surface area contributed by atoms with Gasteiger partial charge >= 0.3 is 5.97 Å². The quantitative estimate of drug-likeness (QED) is 0.773. The van der Waals surface area contributed by atoms with Crippen LogP contribution < -0.4 is 4.72 Å². The predicted molar refractivity (Wildman–Crippen MR) is 71.0 cm³/mol. The summed E-state index contributed by atoms with van der Waals surface area (Å²) < 4.78 is 26.6. The van der Waals surface area contributed by atoms with Crippen molar-refractivity contribution in [3.8, 4) is 0 Å². The molecule has 0 aromatic heterocycles. The van der Waals surface area contributed by atoms with Gasteiger partial charge in [0.25, 0.3) is 0 Å². The van der Waals surface area contributed by atoms with Gasteiger partial charge in [-0.3, -0.25) is 0 Å². The number of carboxylic acid groups (broad SMARTS) is 1. The van der Waals surface area contributed by atoms with Gasteiger partial charge in [-0.05, 0) is 42.5 Å². The van der Waals surface area contributed by atoms with Crippen molar-refractivity contribution in [2.24, 2.45) is 5.92 Å². The predicted octanol–water partition coefficient (Wildman–Crippen LogP) is 1.47. The molecule has 0 bridgehead atoms. The van der Waals surface area contributed by atoms with Gasteiger partial charge in [0.2, 0.25) is 10.0 Å². The maximum absolute atomic E-state index is 12.0. The van der Waals surface area contributed by atoms with E-state index >= 15 is 0 Å². The number of aliphatic carboxylic acids is 1. The molecule has 1 aromatic rings. The van der Waals surface area contributed by atoms with Crippen LogP contribution in [-0.4, -0.2) is 26.0 Å². The Morgan fingerprint density at radius 2 is 2.16 bits per heavy atom. The molecule has 0 heterocycles. The van der Waals surface area contributed by atoms with Crippen molar-refractivity contribution in [2.75, 3.05) is 6.54 Å². The van der Waals surface area contributed by atoms with E-state index in [9.17, 15) is 13.2 Å². The van der Waals surface area contributed by atoms with Crippen molar-refractivity contribution in [1.82, 2.24) is 4.72 Å². The van der Waals surface area contributed by atoms with Gasteiger partial charge < -0.3 is 5.11 Å². The largest absolute Gasteiger partial charge is 0.478 e. The van der Waals surface area contributed by atoms with Crippen LogP contribution in [0.3, 0.4) is 0 Å². The Bertz CT molecular complexity index is 603. The molecule has 19 heavy (non-hydrogen) atoms. The topological polar surface area (TPSA) is 83.5 Å². The average molecular weight is 281 g/mol. The van der Waals surface area contributed by atoms with E-state index in [1.165, 1.54) is 18.2 Å². The van der Waals surface area contributed by atoms with Gasteiger partial charge in [-0.15, -0.1) is 0 Å².